The Balaban J connectivity index is 1.92. The van der Waals surface area contributed by atoms with Crippen molar-refractivity contribution in [3.8, 4) is 0 Å². The number of benzene rings is 1. The molecule has 7 nitrogen and oxygen atoms in total. The quantitative estimate of drug-likeness (QED) is 0.673. The normalized spacial score (nSPS) is 34.0. The van der Waals surface area contributed by atoms with Crippen molar-refractivity contribution in [1.82, 2.24) is 10.2 Å². The highest BCUT2D eigenvalue weighted by Crippen LogP contribution is 2.54. The van der Waals surface area contributed by atoms with Crippen LogP contribution in [0.3, 0.4) is 0 Å². The predicted molar refractivity (Wildman–Crippen MR) is 99.0 cm³/mol. The molecule has 0 unspecified atom stereocenters. The van der Waals surface area contributed by atoms with Crippen LogP contribution in [0.2, 0.25) is 5.02 Å². The summed E-state index contributed by atoms with van der Waals surface area (Å²) < 4.78 is 0. The van der Waals surface area contributed by atoms with Gasteiger partial charge in [-0.25, -0.2) is 0 Å². The first kappa shape index (κ1) is 18.4. The van der Waals surface area contributed by atoms with E-state index in [1.807, 2.05) is 13.8 Å². The van der Waals surface area contributed by atoms with Crippen LogP contribution in [0.25, 0.3) is 0 Å². The molecular weight excluding hydrogens is 370 g/mol. The van der Waals surface area contributed by atoms with Gasteiger partial charge in [-0.2, -0.15) is 0 Å². The van der Waals surface area contributed by atoms with Crippen molar-refractivity contribution in [1.29, 1.82) is 0 Å². The second-order valence-electron chi connectivity index (χ2n) is 7.64. The van der Waals surface area contributed by atoms with Crippen LogP contribution < -0.4 is 10.6 Å². The first-order chi connectivity index (χ1) is 12.8. The van der Waals surface area contributed by atoms with Crippen molar-refractivity contribution in [2.75, 3.05) is 5.32 Å². The van der Waals surface area contributed by atoms with E-state index in [4.69, 9.17) is 11.6 Å². The fourth-order valence-electron chi connectivity index (χ4n) is 4.78. The molecule has 2 saturated heterocycles. The molecular formula is C19H22ClN3O4. The van der Waals surface area contributed by atoms with Crippen LogP contribution in [0.4, 0.5) is 5.69 Å². The number of nitrogens with zero attached hydrogens (tertiary/aromatic N) is 1. The summed E-state index contributed by atoms with van der Waals surface area (Å²) in [5.41, 5.74) is -0.421. The Morgan fingerprint density at radius 3 is 2.59 bits per heavy atom. The van der Waals surface area contributed by atoms with Gasteiger partial charge in [0.25, 0.3) is 0 Å². The molecule has 8 heteroatoms. The molecule has 0 aromatic heterocycles. The van der Waals surface area contributed by atoms with E-state index in [-0.39, 0.29) is 17.9 Å². The van der Waals surface area contributed by atoms with Gasteiger partial charge in [0.2, 0.25) is 17.7 Å². The Kier molecular flexibility index (Phi) is 4.10. The second-order valence-corrected chi connectivity index (χ2v) is 8.05. The van der Waals surface area contributed by atoms with Gasteiger partial charge in [-0.1, -0.05) is 30.7 Å². The summed E-state index contributed by atoms with van der Waals surface area (Å²) >= 11 is 6.25. The molecule has 3 amide bonds. The largest absolute Gasteiger partial charge is 0.392 e. The van der Waals surface area contributed by atoms with Gasteiger partial charge in [0.15, 0.2) is 0 Å². The minimum Gasteiger partial charge on any atom is -0.392 e. The number of imide groups is 1. The maximum atomic E-state index is 13.3. The number of para-hydroxylation sites is 1. The number of hydrogen-bond acceptors (Lipinski definition) is 5. The Hall–Kier alpha value is -1.96. The van der Waals surface area contributed by atoms with Gasteiger partial charge in [0, 0.05) is 17.6 Å². The topological polar surface area (TPSA) is 98.7 Å². The highest BCUT2D eigenvalue weighted by atomic mass is 35.5. The number of halogens is 1. The number of aliphatic hydroxyl groups excluding tert-OH is 1. The molecule has 3 aliphatic heterocycles. The molecule has 2 fully saturated rings. The highest BCUT2D eigenvalue weighted by molar-refractivity contribution is 6.35. The fraction of sp³-hybridized carbons (Fsp3) is 0.526. The first-order valence-corrected chi connectivity index (χ1v) is 9.56. The average Bonchev–Trinajstić information content (AvgIpc) is 3.21. The van der Waals surface area contributed by atoms with Crippen molar-refractivity contribution >= 4 is 35.0 Å². The molecule has 3 aliphatic rings. The van der Waals surface area contributed by atoms with Gasteiger partial charge in [0.05, 0.1) is 28.6 Å². The van der Waals surface area contributed by atoms with Crippen molar-refractivity contribution in [3.05, 3.63) is 28.8 Å². The fourth-order valence-corrected chi connectivity index (χ4v) is 5.00. The van der Waals surface area contributed by atoms with E-state index in [2.05, 4.69) is 10.6 Å². The Morgan fingerprint density at radius 2 is 1.96 bits per heavy atom. The molecule has 3 heterocycles. The van der Waals surface area contributed by atoms with Crippen molar-refractivity contribution in [3.63, 3.8) is 0 Å². The molecule has 27 heavy (non-hydrogen) atoms. The smallest absolute Gasteiger partial charge is 0.250 e. The second kappa shape index (κ2) is 6.02. The third-order valence-corrected chi connectivity index (χ3v) is 6.53. The lowest BCUT2D eigenvalue weighted by molar-refractivity contribution is -0.145. The van der Waals surface area contributed by atoms with Gasteiger partial charge in [-0.3, -0.25) is 24.6 Å². The van der Waals surface area contributed by atoms with Gasteiger partial charge >= 0.3 is 0 Å². The van der Waals surface area contributed by atoms with Crippen molar-refractivity contribution in [2.45, 2.75) is 50.9 Å². The molecule has 144 valence electrons. The number of carbonyl (C=O) groups excluding carboxylic acids is 3. The third-order valence-electron chi connectivity index (χ3n) is 6.22. The number of hydrogen-bond donors (Lipinski definition) is 3. The lowest BCUT2D eigenvalue weighted by Gasteiger charge is -2.31. The van der Waals surface area contributed by atoms with E-state index in [0.717, 1.165) is 0 Å². The minimum absolute atomic E-state index is 0.273. The van der Waals surface area contributed by atoms with E-state index < -0.39 is 35.4 Å². The van der Waals surface area contributed by atoms with Crippen LogP contribution in [0, 0.1) is 11.8 Å². The van der Waals surface area contributed by atoms with Crippen molar-refractivity contribution in [2.24, 2.45) is 11.8 Å². The summed E-state index contributed by atoms with van der Waals surface area (Å²) in [6.45, 7) is 5.27. The van der Waals surface area contributed by atoms with Crippen molar-refractivity contribution < 1.29 is 19.5 Å². The predicted octanol–water partition coefficient (Wildman–Crippen LogP) is 1.24. The molecule has 0 bridgehead atoms. The summed E-state index contributed by atoms with van der Waals surface area (Å²) in [4.78, 5) is 40.9. The Morgan fingerprint density at radius 1 is 1.26 bits per heavy atom. The molecule has 0 radical (unpaired) electrons. The first-order valence-electron chi connectivity index (χ1n) is 9.18. The van der Waals surface area contributed by atoms with Gasteiger partial charge < -0.3 is 10.4 Å². The van der Waals surface area contributed by atoms with Gasteiger partial charge in [0.1, 0.15) is 5.54 Å². The van der Waals surface area contributed by atoms with Gasteiger partial charge in [-0.05, 0) is 26.3 Å². The number of anilines is 1. The number of nitrogens with one attached hydrogen (secondary N) is 2. The van der Waals surface area contributed by atoms with E-state index in [0.29, 0.717) is 22.7 Å². The number of aliphatic hydroxyl groups is 1. The number of amides is 3. The maximum absolute atomic E-state index is 13.3. The lowest BCUT2D eigenvalue weighted by Crippen LogP contribution is -2.55. The molecule has 0 aliphatic carbocycles. The summed E-state index contributed by atoms with van der Waals surface area (Å²) in [7, 11) is 0. The molecule has 1 aromatic carbocycles. The maximum Gasteiger partial charge on any atom is 0.250 e. The van der Waals surface area contributed by atoms with Crippen LogP contribution in [0.15, 0.2) is 18.2 Å². The zero-order chi connectivity index (χ0) is 19.7. The number of carbonyl (C=O) groups is 3. The van der Waals surface area contributed by atoms with Crippen LogP contribution in [0.1, 0.15) is 32.8 Å². The zero-order valence-corrected chi connectivity index (χ0v) is 16.1. The van der Waals surface area contributed by atoms with E-state index >= 15 is 0 Å². The van der Waals surface area contributed by atoms with Crippen LogP contribution in [0.5, 0.6) is 0 Å². The molecule has 0 saturated carbocycles. The highest BCUT2D eigenvalue weighted by Gasteiger charge is 2.71. The molecule has 3 N–H and O–H groups in total. The molecule has 1 aromatic rings. The summed E-state index contributed by atoms with van der Waals surface area (Å²) in [5, 5.41) is 16.6. The molecule has 6 atom stereocenters. The average molecular weight is 392 g/mol. The Labute approximate surface area is 162 Å². The van der Waals surface area contributed by atoms with Crippen LogP contribution >= 0.6 is 11.6 Å². The minimum atomic E-state index is -1.42. The number of likely N-dealkylation sites (tertiary alicyclic amines) is 1. The van der Waals surface area contributed by atoms with Crippen LogP contribution in [-0.2, 0) is 19.9 Å². The number of fused-ring (bicyclic) bond motifs is 4. The monoisotopic (exact) mass is 391 g/mol. The molecule has 1 spiro atoms. The van der Waals surface area contributed by atoms with Gasteiger partial charge in [-0.15, -0.1) is 0 Å². The molecule has 4 rings (SSSR count). The summed E-state index contributed by atoms with van der Waals surface area (Å²) in [5.74, 6) is -2.85. The Bertz CT molecular complexity index is 857. The van der Waals surface area contributed by atoms with E-state index in [9.17, 15) is 19.5 Å². The third kappa shape index (κ3) is 2.19. The summed E-state index contributed by atoms with van der Waals surface area (Å²) in [6, 6.07) is 4.12. The number of rotatable bonds is 3. The standard InChI is InChI=1S/C19H22ClN3O4/c1-4-8(2)23-16(25)12-13(17(23)26)19(22-14(12)9(3)24)10-6-5-7-11(20)15(10)21-18(19)27/h5-9,12-14,22,24H,4H2,1-3H3,(H,21,27)/t8-,9-,12+,13+,14-,19-/m1/s1. The SMILES string of the molecule is CC[C@@H](C)N1C(=O)[C@@H]2[C@@H]([C@@H](C)O)N[C@@]3(C(=O)Nc4c(Cl)cccc43)[C@@H]2C1=O. The summed E-state index contributed by atoms with van der Waals surface area (Å²) in [6.07, 6.45) is -0.299. The van der Waals surface area contributed by atoms with E-state index in [1.165, 1.54) is 4.90 Å². The van der Waals surface area contributed by atoms with E-state index in [1.54, 1.807) is 25.1 Å². The van der Waals surface area contributed by atoms with Crippen LogP contribution in [-0.4, -0.2) is 45.9 Å². The lowest BCUT2D eigenvalue weighted by atomic mass is 9.76. The zero-order valence-electron chi connectivity index (χ0n) is 15.3.